The number of benzene rings is 1. The summed E-state index contributed by atoms with van der Waals surface area (Å²) in [6.45, 7) is 0. The topological polar surface area (TPSA) is 48.1 Å². The third kappa shape index (κ3) is 2.62. The van der Waals surface area contributed by atoms with Gasteiger partial charge in [-0.15, -0.1) is 0 Å². The Hall–Kier alpha value is -1.88. The summed E-state index contributed by atoms with van der Waals surface area (Å²) in [7, 11) is 0. The smallest absolute Gasteiger partial charge is 0.256 e. The van der Waals surface area contributed by atoms with Gasteiger partial charge in [0.15, 0.2) is 11.6 Å². The molecule has 2 aromatic rings. The van der Waals surface area contributed by atoms with Crippen molar-refractivity contribution in [3.8, 4) is 11.6 Å². The van der Waals surface area contributed by atoms with Crippen LogP contribution in [0, 0.1) is 11.6 Å². The first-order chi connectivity index (χ1) is 8.06. The van der Waals surface area contributed by atoms with Crippen LogP contribution in [0.5, 0.6) is 11.6 Å². The molecule has 0 atom stereocenters. The molecule has 3 nitrogen and oxygen atoms in total. The highest BCUT2D eigenvalue weighted by Crippen LogP contribution is 2.29. The number of aromatic nitrogens is 1. The maximum Gasteiger partial charge on any atom is 0.256 e. The number of ether oxygens (including phenoxy) is 1. The van der Waals surface area contributed by atoms with Gasteiger partial charge in [0.1, 0.15) is 5.82 Å². The van der Waals surface area contributed by atoms with Crippen LogP contribution < -0.4 is 10.5 Å². The molecule has 17 heavy (non-hydrogen) atoms. The first-order valence-electron chi connectivity index (χ1n) is 4.60. The number of pyridine rings is 1. The molecule has 0 aliphatic heterocycles. The fourth-order valence-corrected chi connectivity index (χ4v) is 1.37. The lowest BCUT2D eigenvalue weighted by atomic mass is 10.3. The minimum absolute atomic E-state index is 0.201. The number of nitrogens with zero attached hydrogens (tertiary/aromatic N) is 1. The summed E-state index contributed by atoms with van der Waals surface area (Å²) in [6, 6.07) is 5.14. The highest BCUT2D eigenvalue weighted by Gasteiger charge is 2.10. The molecule has 0 unspecified atom stereocenters. The second kappa shape index (κ2) is 4.55. The molecule has 0 aliphatic rings. The molecule has 1 heterocycles. The van der Waals surface area contributed by atoms with Crippen molar-refractivity contribution in [2.45, 2.75) is 0 Å². The summed E-state index contributed by atoms with van der Waals surface area (Å²) in [5, 5.41) is 0.433. The third-order valence-electron chi connectivity index (χ3n) is 1.95. The minimum atomic E-state index is -0.903. The Labute approximate surface area is 101 Å². The lowest BCUT2D eigenvalue weighted by molar-refractivity contribution is 0.418. The van der Waals surface area contributed by atoms with Crippen LogP contribution in [0.3, 0.4) is 0 Å². The summed E-state index contributed by atoms with van der Waals surface area (Å²) in [6.07, 6.45) is 0.852. The van der Waals surface area contributed by atoms with E-state index in [2.05, 4.69) is 4.98 Å². The van der Waals surface area contributed by atoms with E-state index in [0.29, 0.717) is 11.1 Å². The normalized spacial score (nSPS) is 10.3. The second-order valence-corrected chi connectivity index (χ2v) is 3.66. The van der Waals surface area contributed by atoms with Gasteiger partial charge < -0.3 is 10.5 Å². The Morgan fingerprint density at radius 2 is 2.00 bits per heavy atom. The zero-order chi connectivity index (χ0) is 12.4. The molecule has 0 amide bonds. The molecule has 2 N–H and O–H groups in total. The standard InChI is InChI=1S/C11H7ClF2N2O/c12-6-1-2-10(9(15)3-6)17-11-8(14)4-7(13)5-16-11/h1-5H,15H2. The Kier molecular flexibility index (Phi) is 3.10. The number of hydrogen-bond donors (Lipinski definition) is 1. The van der Waals surface area contributed by atoms with Crippen molar-refractivity contribution in [1.29, 1.82) is 0 Å². The van der Waals surface area contributed by atoms with E-state index in [1.807, 2.05) is 0 Å². The average Bonchev–Trinajstić information content (AvgIpc) is 2.25. The molecule has 0 saturated carbocycles. The summed E-state index contributed by atoms with van der Waals surface area (Å²) in [4.78, 5) is 3.48. The number of nitrogen functional groups attached to an aromatic ring is 1. The molecule has 0 aliphatic carbocycles. The van der Waals surface area contributed by atoms with Crippen LogP contribution >= 0.6 is 11.6 Å². The maximum atomic E-state index is 13.3. The van der Waals surface area contributed by atoms with Crippen molar-refractivity contribution >= 4 is 17.3 Å². The third-order valence-corrected chi connectivity index (χ3v) is 2.19. The van der Waals surface area contributed by atoms with Gasteiger partial charge in [0, 0.05) is 11.1 Å². The van der Waals surface area contributed by atoms with Gasteiger partial charge in [0.2, 0.25) is 0 Å². The Bertz CT molecular complexity index is 514. The predicted molar refractivity (Wildman–Crippen MR) is 60.1 cm³/mol. The van der Waals surface area contributed by atoms with Crippen LogP contribution in [0.2, 0.25) is 5.02 Å². The van der Waals surface area contributed by atoms with Gasteiger partial charge in [-0.3, -0.25) is 0 Å². The van der Waals surface area contributed by atoms with Crippen LogP contribution in [0.15, 0.2) is 30.5 Å². The molecular weight excluding hydrogens is 250 g/mol. The van der Waals surface area contributed by atoms with Crippen molar-refractivity contribution in [3.05, 3.63) is 47.1 Å². The maximum absolute atomic E-state index is 13.3. The average molecular weight is 257 g/mol. The van der Waals surface area contributed by atoms with Gasteiger partial charge in [-0.1, -0.05) is 11.6 Å². The predicted octanol–water partition coefficient (Wildman–Crippen LogP) is 3.39. The van der Waals surface area contributed by atoms with Crippen LogP contribution in [-0.2, 0) is 0 Å². The fraction of sp³-hybridized carbons (Fsp3) is 0. The number of rotatable bonds is 2. The highest BCUT2D eigenvalue weighted by atomic mass is 35.5. The zero-order valence-corrected chi connectivity index (χ0v) is 9.21. The van der Waals surface area contributed by atoms with Crippen LogP contribution in [0.4, 0.5) is 14.5 Å². The number of anilines is 1. The van der Waals surface area contributed by atoms with Crippen molar-refractivity contribution in [2.24, 2.45) is 0 Å². The van der Waals surface area contributed by atoms with Gasteiger partial charge in [-0.2, -0.15) is 0 Å². The van der Waals surface area contributed by atoms with Crippen LogP contribution in [-0.4, -0.2) is 4.98 Å². The lowest BCUT2D eigenvalue weighted by Gasteiger charge is -2.08. The van der Waals surface area contributed by atoms with E-state index in [1.54, 1.807) is 0 Å². The van der Waals surface area contributed by atoms with Gasteiger partial charge in [-0.05, 0) is 18.2 Å². The highest BCUT2D eigenvalue weighted by molar-refractivity contribution is 6.30. The molecule has 0 fully saturated rings. The van der Waals surface area contributed by atoms with E-state index in [-0.39, 0.29) is 17.3 Å². The Morgan fingerprint density at radius 1 is 1.24 bits per heavy atom. The van der Waals surface area contributed by atoms with E-state index in [9.17, 15) is 8.78 Å². The Balaban J connectivity index is 2.31. The first-order valence-corrected chi connectivity index (χ1v) is 4.98. The monoisotopic (exact) mass is 256 g/mol. The van der Waals surface area contributed by atoms with Crippen molar-refractivity contribution < 1.29 is 13.5 Å². The van der Waals surface area contributed by atoms with Crippen LogP contribution in [0.25, 0.3) is 0 Å². The molecule has 1 aromatic heterocycles. The minimum Gasteiger partial charge on any atom is -0.434 e. The molecule has 0 saturated heterocycles. The second-order valence-electron chi connectivity index (χ2n) is 3.22. The number of nitrogens with two attached hydrogens (primary N) is 1. The van der Waals surface area contributed by atoms with E-state index in [4.69, 9.17) is 22.1 Å². The molecule has 88 valence electrons. The van der Waals surface area contributed by atoms with Crippen molar-refractivity contribution in [3.63, 3.8) is 0 Å². The van der Waals surface area contributed by atoms with Gasteiger partial charge in [0.05, 0.1) is 11.9 Å². The summed E-state index contributed by atoms with van der Waals surface area (Å²) in [5.74, 6) is -1.83. The first kappa shape index (κ1) is 11.6. The molecule has 1 aromatic carbocycles. The SMILES string of the molecule is Nc1cc(Cl)ccc1Oc1ncc(F)cc1F. The van der Waals surface area contributed by atoms with E-state index in [1.165, 1.54) is 18.2 Å². The summed E-state index contributed by atoms with van der Waals surface area (Å²) in [5.41, 5.74) is 5.85. The lowest BCUT2D eigenvalue weighted by Crippen LogP contribution is -1.96. The van der Waals surface area contributed by atoms with Crippen LogP contribution in [0.1, 0.15) is 0 Å². The van der Waals surface area contributed by atoms with Crippen molar-refractivity contribution in [1.82, 2.24) is 4.98 Å². The van der Waals surface area contributed by atoms with Gasteiger partial charge >= 0.3 is 0 Å². The fourth-order valence-electron chi connectivity index (χ4n) is 1.19. The molecule has 0 spiro atoms. The van der Waals surface area contributed by atoms with E-state index < -0.39 is 11.6 Å². The molecule has 0 bridgehead atoms. The van der Waals surface area contributed by atoms with E-state index in [0.717, 1.165) is 6.20 Å². The van der Waals surface area contributed by atoms with Gasteiger partial charge in [0.25, 0.3) is 5.88 Å². The van der Waals surface area contributed by atoms with Gasteiger partial charge in [-0.25, -0.2) is 13.8 Å². The Morgan fingerprint density at radius 3 is 2.65 bits per heavy atom. The van der Waals surface area contributed by atoms with Crippen molar-refractivity contribution in [2.75, 3.05) is 5.73 Å². The molecule has 2 rings (SSSR count). The summed E-state index contributed by atoms with van der Waals surface area (Å²) >= 11 is 5.70. The molecular formula is C11H7ClF2N2O. The summed E-state index contributed by atoms with van der Waals surface area (Å²) < 4.78 is 31.0. The number of hydrogen-bond acceptors (Lipinski definition) is 3. The number of halogens is 3. The zero-order valence-electron chi connectivity index (χ0n) is 8.45. The van der Waals surface area contributed by atoms with E-state index >= 15 is 0 Å². The molecule has 0 radical (unpaired) electrons. The largest absolute Gasteiger partial charge is 0.434 e. The quantitative estimate of drug-likeness (QED) is 0.838. The molecule has 6 heteroatoms.